The summed E-state index contributed by atoms with van der Waals surface area (Å²) in [4.78, 5) is 11.7. The van der Waals surface area contributed by atoms with Crippen LogP contribution in [0.1, 0.15) is 6.42 Å². The molecule has 0 spiro atoms. The Hall–Kier alpha value is -1.82. The highest BCUT2D eigenvalue weighted by Crippen LogP contribution is 2.21. The van der Waals surface area contributed by atoms with E-state index < -0.39 is 15.8 Å². The lowest BCUT2D eigenvalue weighted by Gasteiger charge is -2.07. The van der Waals surface area contributed by atoms with Crippen molar-refractivity contribution >= 4 is 15.8 Å². The monoisotopic (exact) mass is 282 g/mol. The number of carbonyl (C=O) groups excluding carboxylic acids is 1. The number of rotatable bonds is 4. The fourth-order valence-corrected chi connectivity index (χ4v) is 3.20. The van der Waals surface area contributed by atoms with Crippen molar-refractivity contribution in [3.8, 4) is 11.5 Å². The van der Waals surface area contributed by atoms with Crippen LogP contribution in [0.25, 0.3) is 0 Å². The molecule has 19 heavy (non-hydrogen) atoms. The van der Waals surface area contributed by atoms with E-state index in [2.05, 4.69) is 0 Å². The number of methoxy groups -OCH3 is 1. The van der Waals surface area contributed by atoms with Gasteiger partial charge in [-0.15, -0.1) is 0 Å². The first kappa shape index (κ1) is 13.6. The van der Waals surface area contributed by atoms with Gasteiger partial charge in [0.15, 0.2) is 9.84 Å². The third-order valence-corrected chi connectivity index (χ3v) is 4.19. The zero-order valence-electron chi connectivity index (χ0n) is 10.4. The number of allylic oxidation sites excluding steroid dienone is 1. The fraction of sp³-hybridized carbons (Fsp3) is 0.308. The summed E-state index contributed by atoms with van der Waals surface area (Å²) in [6.45, 7) is 0. The number of esters is 1. The van der Waals surface area contributed by atoms with E-state index in [0.717, 1.165) is 5.41 Å². The Kier molecular flexibility index (Phi) is 3.90. The Bertz CT molecular complexity index is 586. The van der Waals surface area contributed by atoms with Crippen LogP contribution in [-0.4, -0.2) is 27.2 Å². The van der Waals surface area contributed by atoms with E-state index >= 15 is 0 Å². The zero-order chi connectivity index (χ0) is 13.9. The summed E-state index contributed by atoms with van der Waals surface area (Å²) in [5, 5.41) is 1.15. The van der Waals surface area contributed by atoms with Crippen LogP contribution in [0.4, 0.5) is 0 Å². The maximum atomic E-state index is 11.7. The van der Waals surface area contributed by atoms with Gasteiger partial charge in [0.25, 0.3) is 0 Å². The van der Waals surface area contributed by atoms with Gasteiger partial charge in [0.05, 0.1) is 19.3 Å². The summed E-state index contributed by atoms with van der Waals surface area (Å²) in [6, 6.07) is 6.61. The number of hydrogen-bond donors (Lipinski definition) is 0. The molecule has 0 amide bonds. The van der Waals surface area contributed by atoms with Gasteiger partial charge in [-0.25, -0.2) is 8.42 Å². The van der Waals surface area contributed by atoms with Gasteiger partial charge in [-0.2, -0.15) is 0 Å². The Morgan fingerprint density at radius 2 is 1.89 bits per heavy atom. The molecule has 1 aliphatic heterocycles. The van der Waals surface area contributed by atoms with Gasteiger partial charge in [0, 0.05) is 11.3 Å². The van der Waals surface area contributed by atoms with Gasteiger partial charge in [0.2, 0.25) is 0 Å². The predicted molar refractivity (Wildman–Crippen MR) is 69.7 cm³/mol. The first-order valence-electron chi connectivity index (χ1n) is 5.74. The Morgan fingerprint density at radius 1 is 1.26 bits per heavy atom. The van der Waals surface area contributed by atoms with Gasteiger partial charge < -0.3 is 9.47 Å². The summed E-state index contributed by atoms with van der Waals surface area (Å²) in [5.41, 5.74) is 0. The molecule has 0 radical (unpaired) electrons. The second-order valence-electron chi connectivity index (χ2n) is 4.27. The van der Waals surface area contributed by atoms with Crippen LogP contribution in [0, 0.1) is 5.92 Å². The lowest BCUT2D eigenvalue weighted by Crippen LogP contribution is -2.15. The van der Waals surface area contributed by atoms with E-state index in [1.165, 1.54) is 6.08 Å². The number of hydrogen-bond acceptors (Lipinski definition) is 5. The Labute approximate surface area is 111 Å². The molecule has 2 rings (SSSR count). The van der Waals surface area contributed by atoms with Crippen molar-refractivity contribution in [1.82, 2.24) is 0 Å². The standard InChI is InChI=1S/C13H14O5S/c1-17-11-2-4-12(5-3-11)18-13(14)8-10-6-7-19(15,16)9-10/h2-7,10H,8-9H2,1H3. The molecule has 5 nitrogen and oxygen atoms in total. The maximum absolute atomic E-state index is 11.7. The number of ether oxygens (including phenoxy) is 2. The molecule has 102 valence electrons. The normalized spacial score (nSPS) is 20.2. The molecule has 1 heterocycles. The molecule has 1 aromatic carbocycles. The Balaban J connectivity index is 1.89. The van der Waals surface area contributed by atoms with E-state index in [1.807, 2.05) is 0 Å². The highest BCUT2D eigenvalue weighted by molar-refractivity contribution is 7.94. The summed E-state index contributed by atoms with van der Waals surface area (Å²) in [5.74, 6) is 0.318. The molecule has 1 aliphatic rings. The van der Waals surface area contributed by atoms with Crippen molar-refractivity contribution in [3.63, 3.8) is 0 Å². The van der Waals surface area contributed by atoms with Crippen molar-refractivity contribution < 1.29 is 22.7 Å². The van der Waals surface area contributed by atoms with E-state index in [9.17, 15) is 13.2 Å². The minimum Gasteiger partial charge on any atom is -0.497 e. The molecule has 0 fully saturated rings. The summed E-state index contributed by atoms with van der Waals surface area (Å²) < 4.78 is 32.5. The minimum atomic E-state index is -3.13. The van der Waals surface area contributed by atoms with E-state index in [0.29, 0.717) is 11.5 Å². The molecule has 0 saturated carbocycles. The van der Waals surface area contributed by atoms with Crippen LogP contribution in [0.3, 0.4) is 0 Å². The summed E-state index contributed by atoms with van der Waals surface area (Å²) in [6.07, 6.45) is 1.59. The molecule has 1 unspecified atom stereocenters. The van der Waals surface area contributed by atoms with Crippen LogP contribution in [0.2, 0.25) is 0 Å². The average Bonchev–Trinajstić information content (AvgIpc) is 2.69. The largest absolute Gasteiger partial charge is 0.497 e. The van der Waals surface area contributed by atoms with Crippen molar-refractivity contribution in [2.45, 2.75) is 6.42 Å². The van der Waals surface area contributed by atoms with Gasteiger partial charge in [-0.05, 0) is 24.3 Å². The van der Waals surface area contributed by atoms with Crippen LogP contribution in [0.15, 0.2) is 35.7 Å². The smallest absolute Gasteiger partial charge is 0.311 e. The number of benzene rings is 1. The van der Waals surface area contributed by atoms with E-state index in [4.69, 9.17) is 9.47 Å². The highest BCUT2D eigenvalue weighted by Gasteiger charge is 2.24. The Morgan fingerprint density at radius 3 is 2.42 bits per heavy atom. The van der Waals surface area contributed by atoms with Gasteiger partial charge in [-0.3, -0.25) is 4.79 Å². The molecule has 0 aliphatic carbocycles. The number of sulfone groups is 1. The molecule has 0 saturated heterocycles. The lowest BCUT2D eigenvalue weighted by atomic mass is 10.1. The topological polar surface area (TPSA) is 69.7 Å². The molecule has 0 N–H and O–H groups in total. The van der Waals surface area contributed by atoms with Crippen molar-refractivity contribution in [2.75, 3.05) is 12.9 Å². The molecular weight excluding hydrogens is 268 g/mol. The first-order valence-corrected chi connectivity index (χ1v) is 7.46. The van der Waals surface area contributed by atoms with Gasteiger partial charge >= 0.3 is 5.97 Å². The average molecular weight is 282 g/mol. The van der Waals surface area contributed by atoms with Crippen LogP contribution in [0.5, 0.6) is 11.5 Å². The van der Waals surface area contributed by atoms with Crippen LogP contribution in [-0.2, 0) is 14.6 Å². The minimum absolute atomic E-state index is 0.0231. The molecule has 0 aromatic heterocycles. The van der Waals surface area contributed by atoms with Gasteiger partial charge in [-0.1, -0.05) is 6.08 Å². The maximum Gasteiger partial charge on any atom is 0.311 e. The molecule has 1 aromatic rings. The van der Waals surface area contributed by atoms with Crippen molar-refractivity contribution in [2.24, 2.45) is 5.92 Å². The van der Waals surface area contributed by atoms with E-state index in [1.54, 1.807) is 31.4 Å². The summed E-state index contributed by atoms with van der Waals surface area (Å²) >= 11 is 0. The second-order valence-corrected chi connectivity index (χ2v) is 6.20. The molecule has 6 heteroatoms. The van der Waals surface area contributed by atoms with Crippen molar-refractivity contribution in [3.05, 3.63) is 35.7 Å². The third-order valence-electron chi connectivity index (χ3n) is 2.72. The van der Waals surface area contributed by atoms with Crippen molar-refractivity contribution in [1.29, 1.82) is 0 Å². The molecular formula is C13H14O5S. The van der Waals surface area contributed by atoms with Crippen LogP contribution >= 0.6 is 0 Å². The second kappa shape index (κ2) is 5.44. The predicted octanol–water partition coefficient (Wildman–Crippen LogP) is 1.55. The molecule has 1 atom stereocenters. The van der Waals surface area contributed by atoms with Gasteiger partial charge in [0.1, 0.15) is 11.5 Å². The van der Waals surface area contributed by atoms with Crippen LogP contribution < -0.4 is 9.47 Å². The third kappa shape index (κ3) is 3.82. The van der Waals surface area contributed by atoms with E-state index in [-0.39, 0.29) is 18.1 Å². The quantitative estimate of drug-likeness (QED) is 0.619. The molecule has 0 bridgehead atoms. The fourth-order valence-electron chi connectivity index (χ4n) is 1.80. The SMILES string of the molecule is COc1ccc(OC(=O)CC2C=CS(=O)(=O)C2)cc1. The lowest BCUT2D eigenvalue weighted by molar-refractivity contribution is -0.134. The summed E-state index contributed by atoms with van der Waals surface area (Å²) in [7, 11) is -1.58. The first-order chi connectivity index (χ1) is 8.98. The highest BCUT2D eigenvalue weighted by atomic mass is 32.2. The zero-order valence-corrected chi connectivity index (χ0v) is 11.2. The number of carbonyl (C=O) groups is 1.